The van der Waals surface area contributed by atoms with E-state index < -0.39 is 32.5 Å². The van der Waals surface area contributed by atoms with Gasteiger partial charge in [0.15, 0.2) is 5.56 Å². The van der Waals surface area contributed by atoms with Crippen LogP contribution in [0.25, 0.3) is 0 Å². The number of sulfonamides is 1. The first-order valence-corrected chi connectivity index (χ1v) is 9.59. The van der Waals surface area contributed by atoms with Crippen molar-refractivity contribution in [1.29, 1.82) is 0 Å². The lowest BCUT2D eigenvalue weighted by Gasteiger charge is -2.12. The fraction of sp³-hybridized carbons (Fsp3) is 0.267. The van der Waals surface area contributed by atoms with Crippen LogP contribution < -0.4 is 14.8 Å². The van der Waals surface area contributed by atoms with E-state index in [1.54, 1.807) is 4.72 Å². The number of ether oxygens (including phenoxy) is 2. The molecule has 0 saturated carbocycles. The Hall–Kier alpha value is -2.99. The van der Waals surface area contributed by atoms with Crippen molar-refractivity contribution in [3.05, 3.63) is 35.7 Å². The van der Waals surface area contributed by atoms with Gasteiger partial charge in [0, 0.05) is 0 Å². The average molecular weight is 430 g/mol. The summed E-state index contributed by atoms with van der Waals surface area (Å²) in [5.74, 6) is -0.935. The molecule has 0 aliphatic rings. The highest BCUT2D eigenvalue weighted by molar-refractivity contribution is 7.90. The molecular formula is C15H16ClN5O6S. The van der Waals surface area contributed by atoms with Crippen molar-refractivity contribution in [2.75, 3.05) is 12.4 Å². The molecule has 1 aromatic carbocycles. The Balaban J connectivity index is 2.23. The van der Waals surface area contributed by atoms with Crippen LogP contribution in [-0.2, 0) is 14.8 Å². The topological polar surface area (TPSA) is 149 Å². The summed E-state index contributed by atoms with van der Waals surface area (Å²) >= 11 is 5.60. The maximum absolute atomic E-state index is 12.5. The Morgan fingerprint density at radius 3 is 2.50 bits per heavy atom. The standard InChI is InChI=1S/C15H16ClN5O6S/c1-8(16)27-12(22)10-6-4-5-7-11(10)28(24,25)21-14(23)19-13-17-9(2)18-15(20-13)26-3/h4-8H,1-3H3,(H2,17,18,19,20,21,23). The molecule has 1 unspecified atom stereocenters. The SMILES string of the molecule is COc1nc(C)nc(NC(=O)NS(=O)(=O)c2ccccc2C(=O)OC(C)Cl)n1. The molecule has 150 valence electrons. The number of carbonyl (C=O) groups is 2. The number of urea groups is 1. The molecule has 2 N–H and O–H groups in total. The Morgan fingerprint density at radius 2 is 1.86 bits per heavy atom. The molecule has 13 heteroatoms. The molecular weight excluding hydrogens is 414 g/mol. The number of benzene rings is 1. The summed E-state index contributed by atoms with van der Waals surface area (Å²) in [6.45, 7) is 2.93. The number of hydrogen-bond donors (Lipinski definition) is 2. The number of anilines is 1. The van der Waals surface area contributed by atoms with E-state index >= 15 is 0 Å². The summed E-state index contributed by atoms with van der Waals surface area (Å²) in [6.07, 6.45) is 0. The third kappa shape index (κ3) is 5.50. The number of rotatable bonds is 6. The third-order valence-electron chi connectivity index (χ3n) is 3.03. The molecule has 0 aliphatic heterocycles. The summed E-state index contributed by atoms with van der Waals surface area (Å²) in [5.41, 5.74) is -1.26. The molecule has 0 radical (unpaired) electrons. The van der Waals surface area contributed by atoms with E-state index in [1.807, 2.05) is 0 Å². The Bertz CT molecular complexity index is 998. The number of aromatic nitrogens is 3. The molecule has 0 saturated heterocycles. The highest BCUT2D eigenvalue weighted by Crippen LogP contribution is 2.18. The molecule has 0 bridgehead atoms. The molecule has 1 atom stereocenters. The zero-order chi connectivity index (χ0) is 20.9. The largest absolute Gasteiger partial charge is 0.467 e. The van der Waals surface area contributed by atoms with Gasteiger partial charge in [0.05, 0.1) is 12.7 Å². The van der Waals surface area contributed by atoms with Crippen LogP contribution >= 0.6 is 11.6 Å². The van der Waals surface area contributed by atoms with Gasteiger partial charge in [-0.2, -0.15) is 15.0 Å². The Labute approximate surface area is 165 Å². The number of halogens is 1. The summed E-state index contributed by atoms with van der Waals surface area (Å²) < 4.78 is 36.5. The molecule has 0 spiro atoms. The van der Waals surface area contributed by atoms with E-state index in [-0.39, 0.29) is 23.3 Å². The van der Waals surface area contributed by atoms with Crippen molar-refractivity contribution < 1.29 is 27.5 Å². The molecule has 2 aromatic rings. The van der Waals surface area contributed by atoms with Crippen LogP contribution in [-0.4, -0.2) is 48.0 Å². The first kappa shape index (κ1) is 21.3. The van der Waals surface area contributed by atoms with Gasteiger partial charge in [0.25, 0.3) is 10.0 Å². The number of esters is 1. The van der Waals surface area contributed by atoms with Gasteiger partial charge >= 0.3 is 18.0 Å². The Kier molecular flexibility index (Phi) is 6.70. The van der Waals surface area contributed by atoms with Gasteiger partial charge < -0.3 is 9.47 Å². The van der Waals surface area contributed by atoms with Gasteiger partial charge in [0.1, 0.15) is 10.7 Å². The number of nitrogens with one attached hydrogen (secondary N) is 2. The van der Waals surface area contributed by atoms with Gasteiger partial charge in [-0.3, -0.25) is 5.32 Å². The summed E-state index contributed by atoms with van der Waals surface area (Å²) in [5, 5.41) is 2.16. The van der Waals surface area contributed by atoms with Crippen molar-refractivity contribution in [2.24, 2.45) is 0 Å². The lowest BCUT2D eigenvalue weighted by atomic mass is 10.2. The second kappa shape index (κ2) is 8.80. The minimum absolute atomic E-state index is 0.0612. The van der Waals surface area contributed by atoms with Crippen LogP contribution in [0.3, 0.4) is 0 Å². The molecule has 0 fully saturated rings. The molecule has 1 aromatic heterocycles. The molecule has 2 amide bonds. The quantitative estimate of drug-likeness (QED) is 0.513. The predicted octanol–water partition coefficient (Wildman–Crippen LogP) is 1.44. The van der Waals surface area contributed by atoms with Crippen LogP contribution in [0.5, 0.6) is 6.01 Å². The predicted molar refractivity (Wildman–Crippen MR) is 97.6 cm³/mol. The van der Waals surface area contributed by atoms with Gasteiger partial charge in [0.2, 0.25) is 5.95 Å². The van der Waals surface area contributed by atoms with Crippen LogP contribution in [0.1, 0.15) is 23.1 Å². The first-order chi connectivity index (χ1) is 13.1. The maximum atomic E-state index is 12.5. The van der Waals surface area contributed by atoms with Gasteiger partial charge in [-0.1, -0.05) is 23.7 Å². The van der Waals surface area contributed by atoms with Crippen LogP contribution in [0, 0.1) is 6.92 Å². The fourth-order valence-electron chi connectivity index (χ4n) is 1.99. The van der Waals surface area contributed by atoms with Crippen molar-refractivity contribution in [3.63, 3.8) is 0 Å². The first-order valence-electron chi connectivity index (χ1n) is 7.67. The third-order valence-corrected chi connectivity index (χ3v) is 4.51. The maximum Gasteiger partial charge on any atom is 0.341 e. The lowest BCUT2D eigenvalue weighted by Crippen LogP contribution is -2.35. The van der Waals surface area contributed by atoms with E-state index in [0.717, 1.165) is 6.07 Å². The second-order valence-corrected chi connectivity index (χ2v) is 7.46. The van der Waals surface area contributed by atoms with Crippen molar-refractivity contribution in [1.82, 2.24) is 19.7 Å². The van der Waals surface area contributed by atoms with Gasteiger partial charge in [-0.05, 0) is 26.0 Å². The van der Waals surface area contributed by atoms with Crippen molar-refractivity contribution >= 4 is 39.6 Å². The summed E-state index contributed by atoms with van der Waals surface area (Å²) in [4.78, 5) is 35.2. The van der Waals surface area contributed by atoms with E-state index in [9.17, 15) is 18.0 Å². The molecule has 1 heterocycles. The molecule has 2 rings (SSSR count). The van der Waals surface area contributed by atoms with Crippen molar-refractivity contribution in [3.8, 4) is 6.01 Å². The second-order valence-electron chi connectivity index (χ2n) is 5.20. The zero-order valence-electron chi connectivity index (χ0n) is 15.0. The molecule has 0 aliphatic carbocycles. The highest BCUT2D eigenvalue weighted by atomic mass is 35.5. The number of amides is 2. The number of alkyl halides is 1. The van der Waals surface area contributed by atoms with Gasteiger partial charge in [-0.15, -0.1) is 0 Å². The van der Waals surface area contributed by atoms with Crippen LogP contribution in [0.15, 0.2) is 29.2 Å². The van der Waals surface area contributed by atoms with Crippen molar-refractivity contribution in [2.45, 2.75) is 24.3 Å². The summed E-state index contributed by atoms with van der Waals surface area (Å²) in [6, 6.07) is 3.98. The van der Waals surface area contributed by atoms with Crippen LogP contribution in [0.2, 0.25) is 0 Å². The van der Waals surface area contributed by atoms with E-state index in [1.165, 1.54) is 39.2 Å². The average Bonchev–Trinajstić information content (AvgIpc) is 2.60. The van der Waals surface area contributed by atoms with Gasteiger partial charge in [-0.25, -0.2) is 22.7 Å². The van der Waals surface area contributed by atoms with E-state index in [4.69, 9.17) is 21.1 Å². The minimum Gasteiger partial charge on any atom is -0.467 e. The molecule has 11 nitrogen and oxygen atoms in total. The fourth-order valence-corrected chi connectivity index (χ4v) is 3.17. The smallest absolute Gasteiger partial charge is 0.341 e. The van der Waals surface area contributed by atoms with E-state index in [2.05, 4.69) is 20.3 Å². The van der Waals surface area contributed by atoms with E-state index in [0.29, 0.717) is 0 Å². The number of carbonyl (C=O) groups excluding carboxylic acids is 2. The number of hydrogen-bond acceptors (Lipinski definition) is 9. The Morgan fingerprint density at radius 1 is 1.18 bits per heavy atom. The number of nitrogens with zero attached hydrogens (tertiary/aromatic N) is 3. The normalized spacial score (nSPS) is 12.0. The number of aryl methyl sites for hydroxylation is 1. The highest BCUT2D eigenvalue weighted by Gasteiger charge is 2.26. The monoisotopic (exact) mass is 429 g/mol. The summed E-state index contributed by atoms with van der Waals surface area (Å²) in [7, 11) is -3.11. The molecule has 28 heavy (non-hydrogen) atoms. The minimum atomic E-state index is -4.43. The van der Waals surface area contributed by atoms with Crippen LogP contribution in [0.4, 0.5) is 10.7 Å². The lowest BCUT2D eigenvalue weighted by molar-refractivity contribution is 0.0467. The number of methoxy groups -OCH3 is 1. The zero-order valence-corrected chi connectivity index (χ0v) is 16.5.